The number of rotatable bonds is 5. The van der Waals surface area contributed by atoms with Gasteiger partial charge in [-0.05, 0) is 31.2 Å². The number of nitrogens with zero attached hydrogens (tertiary/aromatic N) is 1. The third-order valence-electron chi connectivity index (χ3n) is 2.82. The van der Waals surface area contributed by atoms with Gasteiger partial charge in [0.2, 0.25) is 5.89 Å². The zero-order chi connectivity index (χ0) is 14.5. The van der Waals surface area contributed by atoms with E-state index in [2.05, 4.69) is 4.98 Å². The minimum Gasteiger partial charge on any atom is -0.497 e. The molecule has 0 unspecified atom stereocenters. The first-order valence-electron chi connectivity index (χ1n) is 6.50. The number of carbonyl (C=O) groups is 1. The van der Waals surface area contributed by atoms with Gasteiger partial charge in [-0.3, -0.25) is 0 Å². The largest absolute Gasteiger partial charge is 0.497 e. The fraction of sp³-hybridized carbons (Fsp3) is 0.333. The van der Waals surface area contributed by atoms with Gasteiger partial charge in [0, 0.05) is 12.0 Å². The van der Waals surface area contributed by atoms with Crippen molar-refractivity contribution in [2.75, 3.05) is 13.7 Å². The molecule has 5 heteroatoms. The van der Waals surface area contributed by atoms with Gasteiger partial charge in [0.15, 0.2) is 5.69 Å². The molecule has 0 fully saturated rings. The molecule has 2 aromatic rings. The Morgan fingerprint density at radius 1 is 1.25 bits per heavy atom. The predicted molar refractivity (Wildman–Crippen MR) is 73.8 cm³/mol. The highest BCUT2D eigenvalue weighted by Crippen LogP contribution is 2.25. The van der Waals surface area contributed by atoms with E-state index in [1.807, 2.05) is 31.2 Å². The predicted octanol–water partition coefficient (Wildman–Crippen LogP) is 3.09. The summed E-state index contributed by atoms with van der Waals surface area (Å²) >= 11 is 0. The van der Waals surface area contributed by atoms with E-state index in [0.717, 1.165) is 11.3 Å². The van der Waals surface area contributed by atoms with Gasteiger partial charge in [-0.2, -0.15) is 0 Å². The Labute approximate surface area is 117 Å². The van der Waals surface area contributed by atoms with Gasteiger partial charge in [-0.25, -0.2) is 9.78 Å². The van der Waals surface area contributed by atoms with E-state index in [9.17, 15) is 4.79 Å². The standard InChI is InChI=1S/C15H17NO4/c1-4-12-13(15(17)19-5-2)16-14(20-12)10-6-8-11(18-3)9-7-10/h6-9H,4-5H2,1-3H3. The van der Waals surface area contributed by atoms with Gasteiger partial charge in [-0.1, -0.05) is 6.92 Å². The fourth-order valence-electron chi connectivity index (χ4n) is 1.81. The first-order chi connectivity index (χ1) is 9.69. The molecule has 0 aliphatic heterocycles. The number of methoxy groups -OCH3 is 1. The van der Waals surface area contributed by atoms with Gasteiger partial charge in [0.05, 0.1) is 13.7 Å². The highest BCUT2D eigenvalue weighted by Gasteiger charge is 2.20. The van der Waals surface area contributed by atoms with Crippen molar-refractivity contribution in [3.05, 3.63) is 35.7 Å². The maximum Gasteiger partial charge on any atom is 0.360 e. The molecule has 0 N–H and O–H groups in total. The van der Waals surface area contributed by atoms with E-state index in [1.165, 1.54) is 0 Å². The molecule has 0 atom stereocenters. The molecule has 0 saturated carbocycles. The first kappa shape index (κ1) is 14.1. The Morgan fingerprint density at radius 3 is 2.50 bits per heavy atom. The third-order valence-corrected chi connectivity index (χ3v) is 2.82. The summed E-state index contributed by atoms with van der Waals surface area (Å²) in [6.07, 6.45) is 0.581. The van der Waals surface area contributed by atoms with Crippen LogP contribution in [0.2, 0.25) is 0 Å². The van der Waals surface area contributed by atoms with Gasteiger partial charge in [0.1, 0.15) is 11.5 Å². The van der Waals surface area contributed by atoms with Gasteiger partial charge in [0.25, 0.3) is 0 Å². The zero-order valence-electron chi connectivity index (χ0n) is 11.8. The number of esters is 1. The number of aromatic nitrogens is 1. The van der Waals surface area contributed by atoms with Crippen molar-refractivity contribution in [3.8, 4) is 17.2 Å². The third kappa shape index (κ3) is 2.82. The molecule has 2 rings (SSSR count). The topological polar surface area (TPSA) is 61.6 Å². The summed E-state index contributed by atoms with van der Waals surface area (Å²) in [4.78, 5) is 16.0. The van der Waals surface area contributed by atoms with Crippen LogP contribution in [0.3, 0.4) is 0 Å². The molecule has 1 heterocycles. The maximum absolute atomic E-state index is 11.8. The lowest BCUT2D eigenvalue weighted by atomic mass is 10.2. The van der Waals surface area contributed by atoms with E-state index >= 15 is 0 Å². The Kier molecular flexibility index (Phi) is 4.40. The number of hydrogen-bond donors (Lipinski definition) is 0. The Balaban J connectivity index is 2.34. The zero-order valence-corrected chi connectivity index (χ0v) is 11.8. The fourth-order valence-corrected chi connectivity index (χ4v) is 1.81. The molecule has 0 radical (unpaired) electrons. The molecule has 0 saturated heterocycles. The highest BCUT2D eigenvalue weighted by molar-refractivity contribution is 5.89. The molecule has 5 nitrogen and oxygen atoms in total. The summed E-state index contributed by atoms with van der Waals surface area (Å²) in [5.41, 5.74) is 1.04. The Morgan fingerprint density at radius 2 is 1.95 bits per heavy atom. The van der Waals surface area contributed by atoms with Crippen LogP contribution in [0, 0.1) is 0 Å². The molecule has 106 valence electrons. The Hall–Kier alpha value is -2.30. The number of benzene rings is 1. The van der Waals surface area contributed by atoms with Crippen LogP contribution in [0.25, 0.3) is 11.5 Å². The van der Waals surface area contributed by atoms with Crippen LogP contribution in [0.1, 0.15) is 30.1 Å². The summed E-state index contributed by atoms with van der Waals surface area (Å²) in [5.74, 6) is 1.25. The summed E-state index contributed by atoms with van der Waals surface area (Å²) in [6.45, 7) is 3.97. The normalized spacial score (nSPS) is 10.3. The summed E-state index contributed by atoms with van der Waals surface area (Å²) in [5, 5.41) is 0. The van der Waals surface area contributed by atoms with E-state index in [0.29, 0.717) is 24.7 Å². The van der Waals surface area contributed by atoms with Crippen LogP contribution < -0.4 is 4.74 Å². The van der Waals surface area contributed by atoms with E-state index < -0.39 is 5.97 Å². The van der Waals surface area contributed by atoms with Crippen molar-refractivity contribution >= 4 is 5.97 Å². The van der Waals surface area contributed by atoms with Crippen LogP contribution in [0.5, 0.6) is 5.75 Å². The lowest BCUT2D eigenvalue weighted by molar-refractivity contribution is 0.0518. The number of ether oxygens (including phenoxy) is 2. The van der Waals surface area contributed by atoms with Crippen molar-refractivity contribution < 1.29 is 18.7 Å². The number of oxazole rings is 1. The SMILES string of the molecule is CCOC(=O)c1nc(-c2ccc(OC)cc2)oc1CC. The second-order valence-electron chi connectivity index (χ2n) is 4.09. The van der Waals surface area contributed by atoms with Gasteiger partial charge in [-0.15, -0.1) is 0 Å². The molecule has 0 amide bonds. The average molecular weight is 275 g/mol. The second-order valence-corrected chi connectivity index (χ2v) is 4.09. The molecule has 0 aliphatic carbocycles. The van der Waals surface area contributed by atoms with Gasteiger partial charge < -0.3 is 13.9 Å². The van der Waals surface area contributed by atoms with Crippen LogP contribution >= 0.6 is 0 Å². The Bertz CT molecular complexity index is 586. The quantitative estimate of drug-likeness (QED) is 0.785. The van der Waals surface area contributed by atoms with Crippen molar-refractivity contribution in [2.45, 2.75) is 20.3 Å². The van der Waals surface area contributed by atoms with Crippen molar-refractivity contribution in [3.63, 3.8) is 0 Å². The molecule has 0 bridgehead atoms. The molecule has 1 aromatic carbocycles. The summed E-state index contributed by atoms with van der Waals surface area (Å²) < 4.78 is 15.7. The summed E-state index contributed by atoms with van der Waals surface area (Å²) in [6, 6.07) is 7.29. The van der Waals surface area contributed by atoms with E-state index in [-0.39, 0.29) is 5.69 Å². The average Bonchev–Trinajstić information content (AvgIpc) is 2.92. The molecule has 20 heavy (non-hydrogen) atoms. The first-order valence-corrected chi connectivity index (χ1v) is 6.50. The molecule has 0 aliphatic rings. The minimum absolute atomic E-state index is 0.250. The van der Waals surface area contributed by atoms with Crippen molar-refractivity contribution in [1.29, 1.82) is 0 Å². The lowest BCUT2D eigenvalue weighted by Gasteiger charge is -1.99. The molecule has 1 aromatic heterocycles. The van der Waals surface area contributed by atoms with E-state index in [1.54, 1.807) is 14.0 Å². The van der Waals surface area contributed by atoms with Crippen LogP contribution in [0.15, 0.2) is 28.7 Å². The smallest absolute Gasteiger partial charge is 0.360 e. The van der Waals surface area contributed by atoms with Crippen LogP contribution in [0.4, 0.5) is 0 Å². The van der Waals surface area contributed by atoms with Crippen LogP contribution in [-0.2, 0) is 11.2 Å². The number of aryl methyl sites for hydroxylation is 1. The molecular formula is C15H17NO4. The lowest BCUT2D eigenvalue weighted by Crippen LogP contribution is -2.07. The number of carbonyl (C=O) groups excluding carboxylic acids is 1. The van der Waals surface area contributed by atoms with Crippen molar-refractivity contribution in [2.24, 2.45) is 0 Å². The van der Waals surface area contributed by atoms with Gasteiger partial charge >= 0.3 is 5.97 Å². The van der Waals surface area contributed by atoms with E-state index in [4.69, 9.17) is 13.9 Å². The highest BCUT2D eigenvalue weighted by atomic mass is 16.5. The van der Waals surface area contributed by atoms with Crippen molar-refractivity contribution in [1.82, 2.24) is 4.98 Å². The van der Waals surface area contributed by atoms with Crippen LogP contribution in [-0.4, -0.2) is 24.7 Å². The molecular weight excluding hydrogens is 258 g/mol. The summed E-state index contributed by atoms with van der Waals surface area (Å²) in [7, 11) is 1.61. The monoisotopic (exact) mass is 275 g/mol. The number of hydrogen-bond acceptors (Lipinski definition) is 5. The molecule has 0 spiro atoms. The minimum atomic E-state index is -0.451. The second kappa shape index (κ2) is 6.23. The maximum atomic E-state index is 11.8.